The van der Waals surface area contributed by atoms with Crippen LogP contribution in [0.25, 0.3) is 0 Å². The molecule has 2 rings (SSSR count). The molecule has 0 radical (unpaired) electrons. The van der Waals surface area contributed by atoms with Crippen LogP contribution >= 0.6 is 0 Å². The number of nitrogens with zero attached hydrogens (tertiary/aromatic N) is 2. The van der Waals surface area contributed by atoms with Gasteiger partial charge in [0, 0.05) is 17.6 Å². The van der Waals surface area contributed by atoms with Crippen LogP contribution in [0.4, 0.5) is 0 Å². The van der Waals surface area contributed by atoms with Gasteiger partial charge in [0.05, 0.1) is 11.9 Å². The summed E-state index contributed by atoms with van der Waals surface area (Å²) in [4.78, 5) is 10.8. The number of carbonyl (C=O) groups is 1. The van der Waals surface area contributed by atoms with E-state index in [1.807, 2.05) is 0 Å². The molecule has 2 aliphatic rings. The van der Waals surface area contributed by atoms with Gasteiger partial charge in [0.2, 0.25) is 5.91 Å². The third-order valence-electron chi connectivity index (χ3n) is 1.85. The van der Waals surface area contributed by atoms with Crippen molar-refractivity contribution in [3.8, 4) is 0 Å². The van der Waals surface area contributed by atoms with Gasteiger partial charge in [-0.2, -0.15) is 10.2 Å². The average Bonchev–Trinajstić information content (AvgIpc) is 2.49. The van der Waals surface area contributed by atoms with E-state index in [-0.39, 0.29) is 5.91 Å². The van der Waals surface area contributed by atoms with Crippen molar-refractivity contribution in [1.29, 1.82) is 0 Å². The molecule has 0 saturated heterocycles. The number of rotatable bonds is 1. The van der Waals surface area contributed by atoms with Crippen LogP contribution in [-0.2, 0) is 4.79 Å². The summed E-state index contributed by atoms with van der Waals surface area (Å²) in [5.41, 5.74) is 7.50. The minimum atomic E-state index is -0.389. The van der Waals surface area contributed by atoms with Crippen molar-refractivity contribution in [1.82, 2.24) is 0 Å². The Labute approximate surface area is 69.2 Å². The second-order valence-corrected chi connectivity index (χ2v) is 2.65. The lowest BCUT2D eigenvalue weighted by atomic mass is 9.97. The minimum absolute atomic E-state index is 0.389. The Morgan fingerprint density at radius 3 is 3.08 bits per heavy atom. The van der Waals surface area contributed by atoms with Gasteiger partial charge >= 0.3 is 0 Å². The van der Waals surface area contributed by atoms with Gasteiger partial charge < -0.3 is 5.73 Å². The zero-order valence-corrected chi connectivity index (χ0v) is 6.32. The van der Waals surface area contributed by atoms with Gasteiger partial charge in [0.15, 0.2) is 0 Å². The van der Waals surface area contributed by atoms with Crippen LogP contribution in [0, 0.1) is 0 Å². The van der Waals surface area contributed by atoms with E-state index in [9.17, 15) is 4.79 Å². The molecule has 1 aliphatic carbocycles. The third kappa shape index (κ3) is 0.972. The molecule has 0 bridgehead atoms. The maximum Gasteiger partial charge on any atom is 0.245 e. The fourth-order valence-electron chi connectivity index (χ4n) is 1.17. The number of amides is 1. The maximum absolute atomic E-state index is 10.8. The molecule has 0 spiro atoms. The molecular formula is C8H7N3O. The summed E-state index contributed by atoms with van der Waals surface area (Å²) in [6, 6.07) is 0. The van der Waals surface area contributed by atoms with Crippen LogP contribution in [0.2, 0.25) is 0 Å². The highest BCUT2D eigenvalue weighted by Gasteiger charge is 2.18. The Balaban J connectivity index is 2.33. The SMILES string of the molecule is NC(=O)C1=CC=C2C=NN=C2C1. The van der Waals surface area contributed by atoms with Crippen LogP contribution in [0.1, 0.15) is 6.42 Å². The molecular weight excluding hydrogens is 154 g/mol. The Morgan fingerprint density at radius 1 is 1.50 bits per heavy atom. The van der Waals surface area contributed by atoms with Gasteiger partial charge in [-0.1, -0.05) is 12.2 Å². The van der Waals surface area contributed by atoms with E-state index in [1.54, 1.807) is 18.4 Å². The molecule has 1 amide bonds. The van der Waals surface area contributed by atoms with Crippen molar-refractivity contribution in [2.24, 2.45) is 15.9 Å². The average molecular weight is 161 g/mol. The quantitative estimate of drug-likeness (QED) is 0.585. The fraction of sp³-hybridized carbons (Fsp3) is 0.125. The summed E-state index contributed by atoms with van der Waals surface area (Å²) in [6.07, 6.45) is 5.69. The zero-order chi connectivity index (χ0) is 8.55. The molecule has 0 atom stereocenters. The molecule has 0 aromatic rings. The molecule has 0 fully saturated rings. The first-order valence-corrected chi connectivity index (χ1v) is 3.58. The monoisotopic (exact) mass is 161 g/mol. The highest BCUT2D eigenvalue weighted by molar-refractivity contribution is 6.22. The minimum Gasteiger partial charge on any atom is -0.366 e. The number of hydrogen-bond donors (Lipinski definition) is 1. The van der Waals surface area contributed by atoms with E-state index in [2.05, 4.69) is 10.2 Å². The Hall–Kier alpha value is -1.71. The van der Waals surface area contributed by atoms with Crippen molar-refractivity contribution < 1.29 is 4.79 Å². The van der Waals surface area contributed by atoms with Crippen molar-refractivity contribution in [2.45, 2.75) is 6.42 Å². The first kappa shape index (κ1) is 6.97. The summed E-state index contributed by atoms with van der Waals surface area (Å²) < 4.78 is 0. The van der Waals surface area contributed by atoms with E-state index in [1.165, 1.54) is 0 Å². The first-order chi connectivity index (χ1) is 5.77. The topological polar surface area (TPSA) is 67.8 Å². The van der Waals surface area contributed by atoms with Crippen LogP contribution in [0.15, 0.2) is 33.5 Å². The van der Waals surface area contributed by atoms with E-state index < -0.39 is 0 Å². The summed E-state index contributed by atoms with van der Waals surface area (Å²) in [5, 5.41) is 7.59. The maximum atomic E-state index is 10.8. The largest absolute Gasteiger partial charge is 0.366 e. The molecule has 1 heterocycles. The van der Waals surface area contributed by atoms with Gasteiger partial charge in [0.25, 0.3) is 0 Å². The molecule has 2 N–H and O–H groups in total. The number of fused-ring (bicyclic) bond motifs is 1. The van der Waals surface area contributed by atoms with Gasteiger partial charge in [-0.15, -0.1) is 0 Å². The molecule has 60 valence electrons. The summed E-state index contributed by atoms with van der Waals surface area (Å²) in [5.74, 6) is -0.389. The van der Waals surface area contributed by atoms with Crippen LogP contribution in [0.3, 0.4) is 0 Å². The molecule has 1 aliphatic heterocycles. The number of carbonyl (C=O) groups excluding carboxylic acids is 1. The second kappa shape index (κ2) is 2.41. The smallest absolute Gasteiger partial charge is 0.245 e. The Kier molecular flexibility index (Phi) is 1.40. The molecule has 12 heavy (non-hydrogen) atoms. The van der Waals surface area contributed by atoms with Crippen LogP contribution in [-0.4, -0.2) is 17.8 Å². The van der Waals surface area contributed by atoms with Gasteiger partial charge in [-0.3, -0.25) is 4.79 Å². The highest BCUT2D eigenvalue weighted by atomic mass is 16.1. The van der Waals surface area contributed by atoms with Crippen LogP contribution < -0.4 is 5.73 Å². The Morgan fingerprint density at radius 2 is 2.33 bits per heavy atom. The molecule has 0 aromatic carbocycles. The lowest BCUT2D eigenvalue weighted by Crippen LogP contribution is -2.19. The number of allylic oxidation sites excluding steroid dienone is 3. The molecule has 0 aromatic heterocycles. The van der Waals surface area contributed by atoms with Gasteiger partial charge in [-0.05, 0) is 0 Å². The number of hydrogen-bond acceptors (Lipinski definition) is 3. The van der Waals surface area contributed by atoms with Crippen molar-refractivity contribution in [3.63, 3.8) is 0 Å². The predicted molar refractivity (Wildman–Crippen MR) is 45.9 cm³/mol. The molecule has 4 nitrogen and oxygen atoms in total. The predicted octanol–water partition coefficient (Wildman–Crippen LogP) is 0.169. The lowest BCUT2D eigenvalue weighted by molar-refractivity contribution is -0.114. The lowest BCUT2D eigenvalue weighted by Gasteiger charge is -2.07. The van der Waals surface area contributed by atoms with E-state index >= 15 is 0 Å². The number of nitrogens with two attached hydrogens (primary N) is 1. The summed E-state index contributed by atoms with van der Waals surface area (Å²) in [7, 11) is 0. The fourth-order valence-corrected chi connectivity index (χ4v) is 1.17. The van der Waals surface area contributed by atoms with E-state index in [4.69, 9.17) is 5.73 Å². The van der Waals surface area contributed by atoms with E-state index in [0.717, 1.165) is 11.3 Å². The molecule has 0 saturated carbocycles. The summed E-state index contributed by atoms with van der Waals surface area (Å²) >= 11 is 0. The Bertz CT molecular complexity index is 360. The highest BCUT2D eigenvalue weighted by Crippen LogP contribution is 2.17. The second-order valence-electron chi connectivity index (χ2n) is 2.65. The van der Waals surface area contributed by atoms with Crippen LogP contribution in [0.5, 0.6) is 0 Å². The number of primary amides is 1. The molecule has 4 heteroatoms. The molecule has 0 unspecified atom stereocenters. The zero-order valence-electron chi connectivity index (χ0n) is 6.32. The third-order valence-corrected chi connectivity index (χ3v) is 1.85. The van der Waals surface area contributed by atoms with Crippen molar-refractivity contribution in [2.75, 3.05) is 0 Å². The van der Waals surface area contributed by atoms with Crippen molar-refractivity contribution in [3.05, 3.63) is 23.3 Å². The normalized spacial score (nSPS) is 19.5. The van der Waals surface area contributed by atoms with E-state index in [0.29, 0.717) is 12.0 Å². The first-order valence-electron chi connectivity index (χ1n) is 3.58. The van der Waals surface area contributed by atoms with Gasteiger partial charge in [0.1, 0.15) is 0 Å². The van der Waals surface area contributed by atoms with Gasteiger partial charge in [-0.25, -0.2) is 0 Å². The van der Waals surface area contributed by atoms with Crippen molar-refractivity contribution >= 4 is 17.8 Å². The standard InChI is InChI=1S/C8H7N3O/c9-8(12)5-1-2-6-4-10-11-7(6)3-5/h1-2,4H,3H2,(H2,9,12). The summed E-state index contributed by atoms with van der Waals surface area (Å²) in [6.45, 7) is 0.